The van der Waals surface area contributed by atoms with E-state index >= 15 is 0 Å². The molecule has 0 N–H and O–H groups in total. The van der Waals surface area contributed by atoms with E-state index < -0.39 is 0 Å². The monoisotopic (exact) mass is 513 g/mol. The van der Waals surface area contributed by atoms with Crippen molar-refractivity contribution in [3.8, 4) is 17.2 Å². The molecule has 0 fully saturated rings. The Morgan fingerprint density at radius 2 is 1.30 bits per heavy atom. The number of aryl methyl sites for hydroxylation is 4. The highest BCUT2D eigenvalue weighted by Gasteiger charge is 2.25. The molecule has 4 nitrogen and oxygen atoms in total. The lowest BCUT2D eigenvalue weighted by Gasteiger charge is -2.19. The summed E-state index contributed by atoms with van der Waals surface area (Å²) in [6.07, 6.45) is 4.54. The minimum atomic E-state index is 0.697. The van der Waals surface area contributed by atoms with Gasteiger partial charge in [0.1, 0.15) is 11.2 Å². The number of hydrogen-bond acceptors (Lipinski definition) is 3. The largest absolute Gasteiger partial charge is 0.456 e. The second-order valence-electron chi connectivity index (χ2n) is 11.3. The van der Waals surface area contributed by atoms with E-state index in [-0.39, 0.29) is 0 Å². The molecule has 3 aromatic heterocycles. The van der Waals surface area contributed by atoms with Gasteiger partial charge in [-0.05, 0) is 90.4 Å². The van der Waals surface area contributed by atoms with E-state index in [0.29, 0.717) is 5.95 Å². The van der Waals surface area contributed by atoms with Crippen LogP contribution in [0.1, 0.15) is 22.3 Å². The Bertz CT molecular complexity index is 2380. The molecule has 0 saturated heterocycles. The third-order valence-electron chi connectivity index (χ3n) is 9.17. The smallest absolute Gasteiger partial charge is 0.235 e. The molecular formula is C36H23N3O. The summed E-state index contributed by atoms with van der Waals surface area (Å²) in [6, 6.07) is 32.5. The van der Waals surface area contributed by atoms with Gasteiger partial charge >= 0.3 is 0 Å². The van der Waals surface area contributed by atoms with E-state index in [9.17, 15) is 0 Å². The maximum atomic E-state index is 6.49. The highest BCUT2D eigenvalue weighted by atomic mass is 16.3. The SMILES string of the molecule is c1ccc(-c2nc(-n3c4cc5c(cc4c4ccc6oc7cc8c(cc7c6c43)CC8)CC5)nc3ccccc23)cc1. The summed E-state index contributed by atoms with van der Waals surface area (Å²) in [5, 5.41) is 5.87. The van der Waals surface area contributed by atoms with Gasteiger partial charge in [-0.3, -0.25) is 4.57 Å². The molecule has 0 unspecified atom stereocenters. The minimum Gasteiger partial charge on any atom is -0.456 e. The summed E-state index contributed by atoms with van der Waals surface area (Å²) in [4.78, 5) is 10.5. The number of aromatic nitrogens is 3. The molecule has 0 amide bonds. The van der Waals surface area contributed by atoms with Crippen LogP contribution in [0.2, 0.25) is 0 Å². The fourth-order valence-corrected chi connectivity index (χ4v) is 6.93. The van der Waals surface area contributed by atoms with Gasteiger partial charge in [-0.1, -0.05) is 48.5 Å². The Morgan fingerprint density at radius 1 is 0.575 bits per heavy atom. The van der Waals surface area contributed by atoms with Crippen molar-refractivity contribution in [2.24, 2.45) is 0 Å². The van der Waals surface area contributed by atoms with E-state index in [1.54, 1.807) is 0 Å². The predicted molar refractivity (Wildman–Crippen MR) is 161 cm³/mol. The maximum absolute atomic E-state index is 6.49. The highest BCUT2D eigenvalue weighted by Crippen LogP contribution is 2.44. The number of nitrogens with zero attached hydrogens (tertiary/aromatic N) is 3. The molecule has 0 radical (unpaired) electrons. The van der Waals surface area contributed by atoms with Crippen LogP contribution in [0.3, 0.4) is 0 Å². The Morgan fingerprint density at radius 3 is 2.12 bits per heavy atom. The number of hydrogen-bond donors (Lipinski definition) is 0. The molecule has 40 heavy (non-hydrogen) atoms. The van der Waals surface area contributed by atoms with E-state index in [1.807, 2.05) is 6.07 Å². The summed E-state index contributed by atoms with van der Waals surface area (Å²) in [5.74, 6) is 0.697. The average Bonchev–Trinajstić information content (AvgIpc) is 3.49. The molecule has 2 aliphatic carbocycles. The zero-order valence-electron chi connectivity index (χ0n) is 21.7. The number of fused-ring (bicyclic) bond motifs is 10. The second kappa shape index (κ2) is 7.36. The summed E-state index contributed by atoms with van der Waals surface area (Å²) in [7, 11) is 0. The molecule has 0 saturated carbocycles. The third kappa shape index (κ3) is 2.65. The van der Waals surface area contributed by atoms with Gasteiger partial charge in [-0.2, -0.15) is 0 Å². The Kier molecular flexibility index (Phi) is 3.85. The molecule has 4 heteroatoms. The van der Waals surface area contributed by atoms with Crippen molar-refractivity contribution in [3.63, 3.8) is 0 Å². The van der Waals surface area contributed by atoms with Crippen LogP contribution < -0.4 is 0 Å². The summed E-state index contributed by atoms with van der Waals surface area (Å²) < 4.78 is 8.79. The first-order valence-corrected chi connectivity index (χ1v) is 14.1. The van der Waals surface area contributed by atoms with Gasteiger partial charge in [-0.25, -0.2) is 9.97 Å². The van der Waals surface area contributed by atoms with Crippen LogP contribution in [0, 0.1) is 0 Å². The Hall–Kier alpha value is -4.96. The first kappa shape index (κ1) is 20.9. The van der Waals surface area contributed by atoms with Crippen LogP contribution in [0.4, 0.5) is 0 Å². The van der Waals surface area contributed by atoms with Gasteiger partial charge in [0.25, 0.3) is 0 Å². The molecule has 188 valence electrons. The zero-order chi connectivity index (χ0) is 25.9. The third-order valence-corrected chi connectivity index (χ3v) is 9.17. The molecule has 8 aromatic rings. The van der Waals surface area contributed by atoms with E-state index in [1.165, 1.54) is 38.4 Å². The topological polar surface area (TPSA) is 43.9 Å². The highest BCUT2D eigenvalue weighted by molar-refractivity contribution is 6.24. The standard InChI is InChI=1S/C36H23N3O/c1-2-6-20(7-3-1)34-26-8-4-5-9-29(26)37-36(38-34)39-30-18-23-12-10-21(23)16-27(30)25-14-15-31-33(35(25)39)28-17-22-11-13-24(22)19-32(28)40-31/h1-9,14-19H,10-13H2. The van der Waals surface area contributed by atoms with Crippen molar-refractivity contribution in [3.05, 3.63) is 113 Å². The van der Waals surface area contributed by atoms with Crippen LogP contribution in [0.25, 0.3) is 71.9 Å². The number of furan rings is 1. The molecule has 5 aromatic carbocycles. The van der Waals surface area contributed by atoms with Gasteiger partial charge in [0, 0.05) is 27.1 Å². The number of rotatable bonds is 2. The fraction of sp³-hybridized carbons (Fsp3) is 0.111. The maximum Gasteiger partial charge on any atom is 0.235 e. The van der Waals surface area contributed by atoms with Crippen LogP contribution in [0.15, 0.2) is 95.4 Å². The first-order valence-electron chi connectivity index (χ1n) is 14.1. The van der Waals surface area contributed by atoms with Crippen molar-refractivity contribution >= 4 is 54.6 Å². The molecule has 0 aliphatic heterocycles. The summed E-state index contributed by atoms with van der Waals surface area (Å²) in [6.45, 7) is 0. The lowest BCUT2D eigenvalue weighted by molar-refractivity contribution is 0.666. The van der Waals surface area contributed by atoms with Crippen molar-refractivity contribution in [1.82, 2.24) is 14.5 Å². The van der Waals surface area contributed by atoms with Crippen molar-refractivity contribution in [2.75, 3.05) is 0 Å². The lowest BCUT2D eigenvalue weighted by atomic mass is 9.87. The van der Waals surface area contributed by atoms with Gasteiger partial charge in [-0.15, -0.1) is 0 Å². The summed E-state index contributed by atoms with van der Waals surface area (Å²) >= 11 is 0. The normalized spacial score (nSPS) is 14.1. The molecule has 2 aliphatic rings. The van der Waals surface area contributed by atoms with Gasteiger partial charge in [0.05, 0.1) is 27.6 Å². The zero-order valence-corrected chi connectivity index (χ0v) is 21.7. The molecule has 0 spiro atoms. The first-order chi connectivity index (χ1) is 19.8. The quantitative estimate of drug-likeness (QED) is 0.233. The van der Waals surface area contributed by atoms with E-state index in [2.05, 4.69) is 89.5 Å². The van der Waals surface area contributed by atoms with E-state index in [4.69, 9.17) is 14.4 Å². The van der Waals surface area contributed by atoms with Crippen molar-refractivity contribution in [2.45, 2.75) is 25.7 Å². The predicted octanol–water partition coefficient (Wildman–Crippen LogP) is 8.49. The molecule has 3 heterocycles. The second-order valence-corrected chi connectivity index (χ2v) is 11.3. The van der Waals surface area contributed by atoms with Crippen LogP contribution >= 0.6 is 0 Å². The minimum absolute atomic E-state index is 0.697. The lowest BCUT2D eigenvalue weighted by Crippen LogP contribution is -2.09. The number of benzene rings is 5. The Labute approximate surface area is 229 Å². The van der Waals surface area contributed by atoms with Gasteiger partial charge in [0.15, 0.2) is 0 Å². The summed E-state index contributed by atoms with van der Waals surface area (Å²) in [5.41, 5.74) is 12.9. The van der Waals surface area contributed by atoms with Crippen LogP contribution in [-0.2, 0) is 25.7 Å². The number of para-hydroxylation sites is 1. The molecular weight excluding hydrogens is 490 g/mol. The van der Waals surface area contributed by atoms with Gasteiger partial charge < -0.3 is 4.42 Å². The van der Waals surface area contributed by atoms with Gasteiger partial charge in [0.2, 0.25) is 5.95 Å². The van der Waals surface area contributed by atoms with Crippen molar-refractivity contribution in [1.29, 1.82) is 0 Å². The molecule has 0 atom stereocenters. The molecule has 10 rings (SSSR count). The average molecular weight is 514 g/mol. The van der Waals surface area contributed by atoms with E-state index in [0.717, 1.165) is 75.4 Å². The Balaban J connectivity index is 1.41. The van der Waals surface area contributed by atoms with Crippen molar-refractivity contribution < 1.29 is 4.42 Å². The molecule has 0 bridgehead atoms. The van der Waals surface area contributed by atoms with Crippen LogP contribution in [-0.4, -0.2) is 14.5 Å². The van der Waals surface area contributed by atoms with Crippen LogP contribution in [0.5, 0.6) is 0 Å². The fourth-order valence-electron chi connectivity index (χ4n) is 6.93.